The highest BCUT2D eigenvalue weighted by Gasteiger charge is 1.98. The van der Waals surface area contributed by atoms with Crippen molar-refractivity contribution >= 4 is 6.41 Å². The summed E-state index contributed by atoms with van der Waals surface area (Å²) in [5.74, 6) is 0. The molecular formula is C3H8N2O3. The number of nitrogens with one attached hydrogen (secondary N) is 2. The van der Waals surface area contributed by atoms with Gasteiger partial charge in [0, 0.05) is 0 Å². The van der Waals surface area contributed by atoms with Crippen LogP contribution < -0.4 is 10.6 Å². The van der Waals surface area contributed by atoms with Crippen molar-refractivity contribution in [1.82, 2.24) is 10.6 Å². The summed E-state index contributed by atoms with van der Waals surface area (Å²) < 4.78 is 0. The van der Waals surface area contributed by atoms with Gasteiger partial charge in [0.2, 0.25) is 12.8 Å². The van der Waals surface area contributed by atoms with Crippen LogP contribution in [0, 0.1) is 0 Å². The maximum atomic E-state index is 9.59. The lowest BCUT2D eigenvalue weighted by atomic mass is 10.9. The molecular weight excluding hydrogens is 112 g/mol. The predicted molar refractivity (Wildman–Crippen MR) is 25.8 cm³/mol. The van der Waals surface area contributed by atoms with Gasteiger partial charge in [0.25, 0.3) is 0 Å². The standard InChI is InChI=1S/C3H8N2O3/c1-4-3(8-7)5-2-6/h2-4,7H,1H3,(H,5,6). The fourth-order valence-corrected chi connectivity index (χ4v) is 0.228. The minimum Gasteiger partial charge on any atom is -0.318 e. The summed E-state index contributed by atoms with van der Waals surface area (Å²) in [6, 6.07) is 0. The lowest BCUT2D eigenvalue weighted by Crippen LogP contribution is -2.40. The topological polar surface area (TPSA) is 70.6 Å². The molecule has 0 aliphatic heterocycles. The van der Waals surface area contributed by atoms with Crippen molar-refractivity contribution in [3.05, 3.63) is 0 Å². The van der Waals surface area contributed by atoms with E-state index in [4.69, 9.17) is 5.26 Å². The lowest BCUT2D eigenvalue weighted by molar-refractivity contribution is -0.290. The quantitative estimate of drug-likeness (QED) is 0.187. The Morgan fingerprint density at radius 2 is 2.50 bits per heavy atom. The van der Waals surface area contributed by atoms with E-state index in [9.17, 15) is 4.79 Å². The van der Waals surface area contributed by atoms with Crippen molar-refractivity contribution in [1.29, 1.82) is 0 Å². The van der Waals surface area contributed by atoms with Gasteiger partial charge in [0.15, 0.2) is 0 Å². The van der Waals surface area contributed by atoms with Gasteiger partial charge in [-0.2, -0.15) is 4.89 Å². The number of carbonyl (C=O) groups excluding carboxylic acids is 1. The van der Waals surface area contributed by atoms with Gasteiger partial charge >= 0.3 is 0 Å². The number of hydrogen-bond acceptors (Lipinski definition) is 4. The Bertz CT molecular complexity index is 63.5. The molecule has 3 N–H and O–H groups in total. The first kappa shape index (κ1) is 7.35. The maximum Gasteiger partial charge on any atom is 0.218 e. The third kappa shape index (κ3) is 2.51. The lowest BCUT2D eigenvalue weighted by Gasteiger charge is -2.08. The van der Waals surface area contributed by atoms with Crippen LogP contribution in [-0.2, 0) is 9.68 Å². The molecule has 8 heavy (non-hydrogen) atoms. The van der Waals surface area contributed by atoms with E-state index in [0.29, 0.717) is 6.41 Å². The van der Waals surface area contributed by atoms with Crippen molar-refractivity contribution in [3.63, 3.8) is 0 Å². The second-order valence-corrected chi connectivity index (χ2v) is 1.06. The highest BCUT2D eigenvalue weighted by atomic mass is 17.1. The number of amides is 1. The van der Waals surface area contributed by atoms with Crippen LogP contribution >= 0.6 is 0 Å². The molecule has 5 nitrogen and oxygen atoms in total. The largest absolute Gasteiger partial charge is 0.318 e. The van der Waals surface area contributed by atoms with E-state index >= 15 is 0 Å². The first-order valence-electron chi connectivity index (χ1n) is 2.02. The molecule has 0 rings (SSSR count). The number of hydrogen-bond donors (Lipinski definition) is 3. The molecule has 0 spiro atoms. The summed E-state index contributed by atoms with van der Waals surface area (Å²) in [4.78, 5) is 13.3. The zero-order valence-corrected chi connectivity index (χ0v) is 4.42. The molecule has 0 bridgehead atoms. The van der Waals surface area contributed by atoms with Crippen LogP contribution in [0.4, 0.5) is 0 Å². The fourth-order valence-electron chi connectivity index (χ4n) is 0.228. The van der Waals surface area contributed by atoms with Gasteiger partial charge in [-0.15, -0.1) is 0 Å². The summed E-state index contributed by atoms with van der Waals surface area (Å²) in [6.07, 6.45) is -0.398. The molecule has 1 atom stereocenters. The first-order chi connectivity index (χ1) is 3.85. The minimum absolute atomic E-state index is 0.414. The highest BCUT2D eigenvalue weighted by Crippen LogP contribution is 1.69. The van der Waals surface area contributed by atoms with Crippen LogP contribution in [0.5, 0.6) is 0 Å². The molecule has 0 radical (unpaired) electrons. The van der Waals surface area contributed by atoms with Crippen molar-refractivity contribution in [2.24, 2.45) is 0 Å². The zero-order chi connectivity index (χ0) is 6.41. The minimum atomic E-state index is -0.813. The Kier molecular flexibility index (Phi) is 4.14. The van der Waals surface area contributed by atoms with E-state index in [-0.39, 0.29) is 0 Å². The van der Waals surface area contributed by atoms with Crippen molar-refractivity contribution in [3.8, 4) is 0 Å². The Labute approximate surface area is 46.6 Å². The molecule has 0 heterocycles. The van der Waals surface area contributed by atoms with Crippen LogP contribution in [-0.4, -0.2) is 25.1 Å². The van der Waals surface area contributed by atoms with Gasteiger partial charge in [-0.25, -0.2) is 5.26 Å². The Morgan fingerprint density at radius 1 is 1.88 bits per heavy atom. The second kappa shape index (κ2) is 4.51. The van der Waals surface area contributed by atoms with Crippen molar-refractivity contribution in [2.45, 2.75) is 6.35 Å². The summed E-state index contributed by atoms with van der Waals surface area (Å²) in [5.41, 5.74) is 0. The molecule has 0 fully saturated rings. The average molecular weight is 120 g/mol. The van der Waals surface area contributed by atoms with E-state index in [2.05, 4.69) is 15.5 Å². The van der Waals surface area contributed by atoms with Gasteiger partial charge in [0.05, 0.1) is 0 Å². The smallest absolute Gasteiger partial charge is 0.218 e. The number of carbonyl (C=O) groups is 1. The van der Waals surface area contributed by atoms with E-state index < -0.39 is 6.35 Å². The molecule has 0 aliphatic carbocycles. The highest BCUT2D eigenvalue weighted by molar-refractivity contribution is 5.45. The average Bonchev–Trinajstić information content (AvgIpc) is 1.83. The SMILES string of the molecule is CNC(NC=O)OO. The van der Waals surface area contributed by atoms with Gasteiger partial charge in [-0.05, 0) is 7.05 Å². The van der Waals surface area contributed by atoms with Crippen LogP contribution in [0.25, 0.3) is 0 Å². The fraction of sp³-hybridized carbons (Fsp3) is 0.667. The van der Waals surface area contributed by atoms with E-state index in [1.165, 1.54) is 7.05 Å². The first-order valence-corrected chi connectivity index (χ1v) is 2.02. The molecule has 0 saturated heterocycles. The summed E-state index contributed by atoms with van der Waals surface area (Å²) in [7, 11) is 1.53. The second-order valence-electron chi connectivity index (χ2n) is 1.06. The molecule has 0 aromatic rings. The molecule has 0 saturated carbocycles. The number of rotatable bonds is 4. The molecule has 1 unspecified atom stereocenters. The van der Waals surface area contributed by atoms with Crippen molar-refractivity contribution < 1.29 is 14.9 Å². The van der Waals surface area contributed by atoms with Crippen LogP contribution in [0.1, 0.15) is 0 Å². The van der Waals surface area contributed by atoms with Crippen LogP contribution in [0.2, 0.25) is 0 Å². The molecule has 1 amide bonds. The van der Waals surface area contributed by atoms with Gasteiger partial charge in [-0.1, -0.05) is 0 Å². The van der Waals surface area contributed by atoms with E-state index in [1.54, 1.807) is 0 Å². The Morgan fingerprint density at radius 3 is 2.62 bits per heavy atom. The Hall–Kier alpha value is -0.650. The van der Waals surface area contributed by atoms with Crippen LogP contribution in [0.15, 0.2) is 0 Å². The predicted octanol–water partition coefficient (Wildman–Crippen LogP) is -1.27. The molecule has 0 aromatic carbocycles. The Balaban J connectivity index is 3.20. The van der Waals surface area contributed by atoms with Gasteiger partial charge in [0.1, 0.15) is 0 Å². The van der Waals surface area contributed by atoms with Crippen molar-refractivity contribution in [2.75, 3.05) is 7.05 Å². The van der Waals surface area contributed by atoms with Gasteiger partial charge in [-0.3, -0.25) is 10.1 Å². The monoisotopic (exact) mass is 120 g/mol. The molecule has 0 aromatic heterocycles. The van der Waals surface area contributed by atoms with Crippen LogP contribution in [0.3, 0.4) is 0 Å². The molecule has 5 heteroatoms. The van der Waals surface area contributed by atoms with Gasteiger partial charge < -0.3 is 5.32 Å². The molecule has 48 valence electrons. The summed E-state index contributed by atoms with van der Waals surface area (Å²) in [5, 5.41) is 12.4. The zero-order valence-electron chi connectivity index (χ0n) is 4.42. The summed E-state index contributed by atoms with van der Waals surface area (Å²) >= 11 is 0. The maximum absolute atomic E-state index is 9.59. The third-order valence-corrected chi connectivity index (χ3v) is 0.587. The molecule has 0 aliphatic rings. The van der Waals surface area contributed by atoms with E-state index in [0.717, 1.165) is 0 Å². The normalized spacial score (nSPS) is 12.8. The summed E-state index contributed by atoms with van der Waals surface area (Å²) in [6.45, 7) is 0. The van der Waals surface area contributed by atoms with E-state index in [1.807, 2.05) is 0 Å². The third-order valence-electron chi connectivity index (χ3n) is 0.587.